The highest BCUT2D eigenvalue weighted by atomic mass is 32.2. The Morgan fingerprint density at radius 2 is 1.68 bits per heavy atom. The molecule has 5 nitrogen and oxygen atoms in total. The number of carboxylic acid groups (broad SMARTS) is 1. The van der Waals surface area contributed by atoms with Gasteiger partial charge in [-0.05, 0) is 77.6 Å². The van der Waals surface area contributed by atoms with Crippen LogP contribution < -0.4 is 0 Å². The van der Waals surface area contributed by atoms with E-state index in [1.165, 1.54) is 6.26 Å². The van der Waals surface area contributed by atoms with Crippen LogP contribution >= 0.6 is 0 Å². The van der Waals surface area contributed by atoms with Gasteiger partial charge in [0.25, 0.3) is 0 Å². The lowest BCUT2D eigenvalue weighted by atomic mass is 9.94. The maximum atomic E-state index is 12.0. The van der Waals surface area contributed by atoms with E-state index in [4.69, 9.17) is 5.11 Å². The Morgan fingerprint density at radius 1 is 0.971 bits per heavy atom. The fourth-order valence-corrected chi connectivity index (χ4v) is 4.43. The van der Waals surface area contributed by atoms with Crippen LogP contribution in [-0.2, 0) is 21.1 Å². The molecule has 0 amide bonds. The smallest absolute Gasteiger partial charge is 0.328 e. The summed E-state index contributed by atoms with van der Waals surface area (Å²) >= 11 is 0. The van der Waals surface area contributed by atoms with Crippen molar-refractivity contribution in [3.8, 4) is 22.3 Å². The van der Waals surface area contributed by atoms with Crippen molar-refractivity contribution in [3.63, 3.8) is 0 Å². The first-order valence-corrected chi connectivity index (χ1v) is 12.8. The zero-order valence-corrected chi connectivity index (χ0v) is 19.8. The van der Waals surface area contributed by atoms with Crippen LogP contribution in [0.2, 0.25) is 0 Å². The van der Waals surface area contributed by atoms with Gasteiger partial charge in [-0.15, -0.1) is 0 Å². The highest BCUT2D eigenvalue weighted by Crippen LogP contribution is 2.32. The van der Waals surface area contributed by atoms with E-state index < -0.39 is 21.1 Å². The molecule has 0 saturated carbocycles. The minimum absolute atomic E-state index is 0.425. The number of nitrogens with zero attached hydrogens (tertiary/aromatic N) is 1. The fourth-order valence-electron chi connectivity index (χ4n) is 3.93. The van der Waals surface area contributed by atoms with E-state index in [1.54, 1.807) is 19.2 Å². The Labute approximate surface area is 199 Å². The Kier molecular flexibility index (Phi) is 6.61. The third kappa shape index (κ3) is 5.41. The maximum absolute atomic E-state index is 12.0. The number of hydrogen-bond donors (Lipinski definition) is 1. The maximum Gasteiger partial charge on any atom is 0.328 e. The minimum Gasteiger partial charge on any atom is -0.478 e. The quantitative estimate of drug-likeness (QED) is 0.353. The highest BCUT2D eigenvalue weighted by Gasteiger charge is 2.17. The van der Waals surface area contributed by atoms with Crippen LogP contribution in [0.25, 0.3) is 39.2 Å². The van der Waals surface area contributed by atoms with Crippen LogP contribution in [-0.4, -0.2) is 36.0 Å². The van der Waals surface area contributed by atoms with E-state index in [0.717, 1.165) is 50.4 Å². The molecule has 172 valence electrons. The van der Waals surface area contributed by atoms with E-state index >= 15 is 0 Å². The molecule has 0 aliphatic rings. The Balaban J connectivity index is 1.79. The molecular formula is C28H25NO4S. The number of pyridine rings is 1. The van der Waals surface area contributed by atoms with Crippen molar-refractivity contribution in [2.75, 3.05) is 6.26 Å². The number of rotatable bonds is 7. The zero-order chi connectivity index (χ0) is 24.3. The number of aromatic nitrogens is 1. The van der Waals surface area contributed by atoms with Gasteiger partial charge < -0.3 is 5.11 Å². The Hall–Kier alpha value is -3.77. The molecule has 4 rings (SSSR count). The molecule has 6 heteroatoms. The zero-order valence-electron chi connectivity index (χ0n) is 19.0. The van der Waals surface area contributed by atoms with Crippen LogP contribution in [0.4, 0.5) is 0 Å². The number of carbonyl (C=O) groups is 1. The first kappa shape index (κ1) is 23.4. The molecule has 4 aromatic rings. The molecule has 0 radical (unpaired) electrons. The van der Waals surface area contributed by atoms with Gasteiger partial charge in [-0.3, -0.25) is 4.98 Å². The van der Waals surface area contributed by atoms with Crippen molar-refractivity contribution in [3.05, 3.63) is 96.2 Å². The summed E-state index contributed by atoms with van der Waals surface area (Å²) in [6.45, 7) is 1.73. The highest BCUT2D eigenvalue weighted by molar-refractivity contribution is 7.91. The molecular weight excluding hydrogens is 446 g/mol. The first-order chi connectivity index (χ1) is 16.2. The summed E-state index contributed by atoms with van der Waals surface area (Å²) in [5.41, 5.74) is 6.47. The molecule has 0 bridgehead atoms. The Bertz CT molecular complexity index is 1510. The number of carboxylic acids is 1. The number of fused-ring (bicyclic) bond motifs is 1. The first-order valence-electron chi connectivity index (χ1n) is 10.9. The van der Waals surface area contributed by atoms with Crippen molar-refractivity contribution in [1.29, 1.82) is 0 Å². The molecule has 1 unspecified atom stereocenters. The van der Waals surface area contributed by atoms with Crippen LogP contribution in [0.3, 0.4) is 0 Å². The van der Waals surface area contributed by atoms with Crippen molar-refractivity contribution in [2.45, 2.75) is 18.6 Å². The van der Waals surface area contributed by atoms with E-state index in [1.807, 2.05) is 66.7 Å². The van der Waals surface area contributed by atoms with Gasteiger partial charge in [0.05, 0.1) is 10.8 Å². The van der Waals surface area contributed by atoms with E-state index in [-0.39, 0.29) is 0 Å². The monoisotopic (exact) mass is 471 g/mol. The van der Waals surface area contributed by atoms with Gasteiger partial charge in [-0.1, -0.05) is 42.5 Å². The third-order valence-electron chi connectivity index (χ3n) is 5.83. The molecule has 1 heterocycles. The van der Waals surface area contributed by atoms with Crippen LogP contribution in [0.15, 0.2) is 85.1 Å². The molecule has 34 heavy (non-hydrogen) atoms. The molecule has 0 aliphatic carbocycles. The van der Waals surface area contributed by atoms with Crippen molar-refractivity contribution in [2.24, 2.45) is 0 Å². The molecule has 0 aliphatic heterocycles. The van der Waals surface area contributed by atoms with Gasteiger partial charge in [0, 0.05) is 29.5 Å². The van der Waals surface area contributed by atoms with Gasteiger partial charge in [0.2, 0.25) is 0 Å². The summed E-state index contributed by atoms with van der Waals surface area (Å²) < 4.78 is 24.0. The number of aliphatic carboxylic acids is 1. The molecule has 1 atom stereocenters. The summed E-state index contributed by atoms with van der Waals surface area (Å²) in [6.07, 6.45) is 6.14. The van der Waals surface area contributed by atoms with Gasteiger partial charge in [0.1, 0.15) is 9.84 Å². The average Bonchev–Trinajstić information content (AvgIpc) is 2.82. The number of benzene rings is 3. The second-order valence-corrected chi connectivity index (χ2v) is 10.9. The predicted octanol–water partition coefficient (Wildman–Crippen LogP) is 5.64. The van der Waals surface area contributed by atoms with Crippen molar-refractivity contribution >= 4 is 32.8 Å². The fraction of sp³-hybridized carbons (Fsp3) is 0.143. The van der Waals surface area contributed by atoms with E-state index in [9.17, 15) is 13.2 Å². The lowest BCUT2D eigenvalue weighted by Crippen LogP contribution is -2.18. The van der Waals surface area contributed by atoms with Crippen LogP contribution in [0.5, 0.6) is 0 Å². The topological polar surface area (TPSA) is 84.3 Å². The lowest BCUT2D eigenvalue weighted by molar-refractivity contribution is -0.131. The lowest BCUT2D eigenvalue weighted by Gasteiger charge is -2.14. The summed E-state index contributed by atoms with van der Waals surface area (Å²) in [5.74, 6) is -0.989. The van der Waals surface area contributed by atoms with Gasteiger partial charge >= 0.3 is 5.97 Å². The van der Waals surface area contributed by atoms with E-state index in [0.29, 0.717) is 6.42 Å². The molecule has 3 aromatic carbocycles. The van der Waals surface area contributed by atoms with Gasteiger partial charge in [-0.25, -0.2) is 13.2 Å². The minimum atomic E-state index is -3.15. The van der Waals surface area contributed by atoms with Crippen LogP contribution in [0, 0.1) is 0 Å². The summed E-state index contributed by atoms with van der Waals surface area (Å²) in [6, 6.07) is 23.7. The summed E-state index contributed by atoms with van der Waals surface area (Å²) in [4.78, 5) is 15.5. The Morgan fingerprint density at radius 3 is 2.41 bits per heavy atom. The SMILES string of the molecule is CC(Cc1cc(-c2cccc(-c3cccc(C=CC(=O)O)c3)c2)c2ncccc2c1)S(C)(=O)=O. The molecule has 1 aromatic heterocycles. The largest absolute Gasteiger partial charge is 0.478 e. The van der Waals surface area contributed by atoms with Gasteiger partial charge in [0.15, 0.2) is 0 Å². The van der Waals surface area contributed by atoms with E-state index in [2.05, 4.69) is 11.1 Å². The second-order valence-electron chi connectivity index (χ2n) is 8.44. The second kappa shape index (κ2) is 9.61. The standard InChI is InChI=1S/C28H25NO4S/c1-19(34(2,32)33)14-21-16-25-10-5-13-29-28(25)26(17-21)24-9-4-8-23(18-24)22-7-3-6-20(15-22)11-12-27(30)31/h3-13,15-19H,14H2,1-2H3,(H,30,31). The number of hydrogen-bond acceptors (Lipinski definition) is 4. The van der Waals surface area contributed by atoms with Crippen LogP contribution in [0.1, 0.15) is 18.1 Å². The predicted molar refractivity (Wildman–Crippen MR) is 137 cm³/mol. The van der Waals surface area contributed by atoms with Gasteiger partial charge in [-0.2, -0.15) is 0 Å². The molecule has 0 saturated heterocycles. The summed E-state index contributed by atoms with van der Waals surface area (Å²) in [5, 5.41) is 9.38. The summed E-state index contributed by atoms with van der Waals surface area (Å²) in [7, 11) is -3.15. The van der Waals surface area contributed by atoms with Crippen molar-refractivity contribution in [1.82, 2.24) is 4.98 Å². The van der Waals surface area contributed by atoms with Crippen molar-refractivity contribution < 1.29 is 18.3 Å². The molecule has 0 spiro atoms. The molecule has 1 N–H and O–H groups in total. The molecule has 0 fully saturated rings. The number of sulfone groups is 1. The average molecular weight is 472 g/mol. The normalized spacial score (nSPS) is 12.8. The third-order valence-corrected chi connectivity index (χ3v) is 7.46.